The first-order chi connectivity index (χ1) is 13.5. The standard InChI is InChI=1S/C20H20F3NO5/c1-4-12-11(3)14-9-29-18(27)16(14)17(24-19(28)20(21,22)23)13(12)7-5-10(2)6-8-15(25)26/h4-5H,1,6-9H2,2-3H3,(H,24,28)(H,25,26)/b10-5+. The molecular weight excluding hydrogens is 391 g/mol. The molecule has 0 bridgehead atoms. The van der Waals surface area contributed by atoms with E-state index in [0.29, 0.717) is 22.3 Å². The second-order valence-corrected chi connectivity index (χ2v) is 6.63. The zero-order chi connectivity index (χ0) is 21.9. The number of carboxylic acid groups (broad SMARTS) is 1. The maximum Gasteiger partial charge on any atom is 0.471 e. The molecule has 0 fully saturated rings. The highest BCUT2D eigenvalue weighted by Crippen LogP contribution is 2.38. The third kappa shape index (κ3) is 4.85. The van der Waals surface area contributed by atoms with Gasteiger partial charge in [-0.05, 0) is 43.4 Å². The summed E-state index contributed by atoms with van der Waals surface area (Å²) >= 11 is 0. The highest BCUT2D eigenvalue weighted by Gasteiger charge is 2.41. The molecule has 9 heteroatoms. The maximum absolute atomic E-state index is 12.9. The second-order valence-electron chi connectivity index (χ2n) is 6.63. The van der Waals surface area contributed by atoms with Crippen molar-refractivity contribution in [1.82, 2.24) is 0 Å². The largest absolute Gasteiger partial charge is 0.481 e. The molecule has 2 N–H and O–H groups in total. The van der Waals surface area contributed by atoms with Gasteiger partial charge in [-0.25, -0.2) is 4.79 Å². The summed E-state index contributed by atoms with van der Waals surface area (Å²) < 4.78 is 43.5. The van der Waals surface area contributed by atoms with Crippen molar-refractivity contribution in [2.45, 2.75) is 45.9 Å². The molecule has 1 aromatic rings. The fraction of sp³-hybridized carbons (Fsp3) is 0.350. The van der Waals surface area contributed by atoms with Gasteiger partial charge in [-0.3, -0.25) is 9.59 Å². The number of cyclic esters (lactones) is 1. The van der Waals surface area contributed by atoms with E-state index in [1.165, 1.54) is 6.08 Å². The summed E-state index contributed by atoms with van der Waals surface area (Å²) in [5.41, 5.74) is 2.14. The van der Waals surface area contributed by atoms with E-state index < -0.39 is 24.0 Å². The van der Waals surface area contributed by atoms with E-state index in [9.17, 15) is 27.6 Å². The number of aliphatic carboxylic acids is 1. The maximum atomic E-state index is 12.9. The summed E-state index contributed by atoms with van der Waals surface area (Å²) in [7, 11) is 0. The van der Waals surface area contributed by atoms with Crippen molar-refractivity contribution in [2.75, 3.05) is 5.32 Å². The van der Waals surface area contributed by atoms with Gasteiger partial charge in [0.15, 0.2) is 0 Å². The molecule has 0 spiro atoms. The number of carboxylic acids is 1. The molecule has 6 nitrogen and oxygen atoms in total. The number of hydrogen-bond donors (Lipinski definition) is 2. The Bertz CT molecular complexity index is 916. The average Bonchev–Trinajstić information content (AvgIpc) is 3.01. The average molecular weight is 411 g/mol. The molecule has 0 saturated carbocycles. The van der Waals surface area contributed by atoms with E-state index in [1.807, 2.05) is 5.32 Å². The third-order valence-electron chi connectivity index (χ3n) is 4.68. The molecule has 0 aliphatic carbocycles. The lowest BCUT2D eigenvalue weighted by Crippen LogP contribution is -2.31. The molecule has 156 valence electrons. The molecule has 0 unspecified atom stereocenters. The molecule has 1 heterocycles. The quantitative estimate of drug-likeness (QED) is 0.519. The van der Waals surface area contributed by atoms with Crippen LogP contribution in [-0.4, -0.2) is 29.1 Å². The van der Waals surface area contributed by atoms with E-state index in [4.69, 9.17) is 9.84 Å². The van der Waals surface area contributed by atoms with Crippen molar-refractivity contribution in [1.29, 1.82) is 0 Å². The van der Waals surface area contributed by atoms with E-state index in [-0.39, 0.29) is 42.7 Å². The van der Waals surface area contributed by atoms with Crippen LogP contribution in [0.1, 0.15) is 52.4 Å². The minimum Gasteiger partial charge on any atom is -0.481 e. The lowest BCUT2D eigenvalue weighted by atomic mass is 9.89. The van der Waals surface area contributed by atoms with Gasteiger partial charge in [0.05, 0.1) is 11.3 Å². The van der Waals surface area contributed by atoms with Gasteiger partial charge >= 0.3 is 24.0 Å². The first-order valence-electron chi connectivity index (χ1n) is 8.70. The fourth-order valence-corrected chi connectivity index (χ4v) is 3.12. The highest BCUT2D eigenvalue weighted by molar-refractivity contribution is 6.07. The number of carbonyl (C=O) groups excluding carboxylic acids is 2. The molecule has 1 aliphatic rings. The molecule has 1 aromatic carbocycles. The van der Waals surface area contributed by atoms with Gasteiger partial charge in [-0.15, -0.1) is 0 Å². The lowest BCUT2D eigenvalue weighted by molar-refractivity contribution is -0.167. The Hall–Kier alpha value is -3.10. The van der Waals surface area contributed by atoms with Crippen LogP contribution >= 0.6 is 0 Å². The van der Waals surface area contributed by atoms with E-state index in [1.54, 1.807) is 19.9 Å². The number of fused-ring (bicyclic) bond motifs is 1. The number of halogens is 3. The second kappa shape index (κ2) is 8.50. The first kappa shape index (κ1) is 22.2. The van der Waals surface area contributed by atoms with Crippen LogP contribution in [0.2, 0.25) is 0 Å². The number of nitrogens with one attached hydrogen (secondary N) is 1. The van der Waals surface area contributed by atoms with Crippen LogP contribution < -0.4 is 5.32 Å². The van der Waals surface area contributed by atoms with Crippen molar-refractivity contribution in [3.05, 3.63) is 46.0 Å². The van der Waals surface area contributed by atoms with E-state index in [0.717, 1.165) is 0 Å². The minimum absolute atomic E-state index is 0.0711. The van der Waals surface area contributed by atoms with Crippen molar-refractivity contribution in [2.24, 2.45) is 0 Å². The number of alkyl halides is 3. The fourth-order valence-electron chi connectivity index (χ4n) is 3.12. The van der Waals surface area contributed by atoms with Crippen molar-refractivity contribution in [3.63, 3.8) is 0 Å². The number of amides is 1. The summed E-state index contributed by atoms with van der Waals surface area (Å²) in [6.07, 6.45) is -1.81. The zero-order valence-electron chi connectivity index (χ0n) is 15.9. The summed E-state index contributed by atoms with van der Waals surface area (Å²) in [5, 5.41) is 10.6. The molecule has 1 aliphatic heterocycles. The number of anilines is 1. The van der Waals surface area contributed by atoms with E-state index in [2.05, 4.69) is 6.58 Å². The van der Waals surface area contributed by atoms with Crippen LogP contribution in [-0.2, 0) is 27.4 Å². The van der Waals surface area contributed by atoms with Crippen LogP contribution in [0.3, 0.4) is 0 Å². The van der Waals surface area contributed by atoms with Crippen molar-refractivity contribution >= 4 is 29.6 Å². The number of ether oxygens (including phenoxy) is 1. The summed E-state index contributed by atoms with van der Waals surface area (Å²) in [6, 6.07) is 0. The molecule has 0 radical (unpaired) electrons. The van der Waals surface area contributed by atoms with Gasteiger partial charge < -0.3 is 15.2 Å². The number of allylic oxidation sites excluding steroid dienone is 2. The van der Waals surface area contributed by atoms with Gasteiger partial charge in [0.1, 0.15) is 6.61 Å². The van der Waals surface area contributed by atoms with Crippen LogP contribution in [0.4, 0.5) is 18.9 Å². The third-order valence-corrected chi connectivity index (χ3v) is 4.68. The molecule has 0 aromatic heterocycles. The van der Waals surface area contributed by atoms with Gasteiger partial charge in [0.2, 0.25) is 0 Å². The van der Waals surface area contributed by atoms with Crippen LogP contribution in [0, 0.1) is 6.92 Å². The smallest absolute Gasteiger partial charge is 0.471 e. The van der Waals surface area contributed by atoms with Gasteiger partial charge in [0, 0.05) is 12.0 Å². The minimum atomic E-state index is -5.14. The molecule has 0 saturated heterocycles. The Kier molecular flexibility index (Phi) is 6.51. The normalized spacial score (nSPS) is 13.7. The van der Waals surface area contributed by atoms with Gasteiger partial charge in [0.25, 0.3) is 0 Å². The summed E-state index contributed by atoms with van der Waals surface area (Å²) in [4.78, 5) is 34.5. The number of rotatable bonds is 7. The van der Waals surface area contributed by atoms with Crippen LogP contribution in [0.15, 0.2) is 18.2 Å². The topological polar surface area (TPSA) is 92.7 Å². The predicted octanol–water partition coefficient (Wildman–Crippen LogP) is 4.16. The highest BCUT2D eigenvalue weighted by atomic mass is 19.4. The van der Waals surface area contributed by atoms with Crippen LogP contribution in [0.5, 0.6) is 0 Å². The van der Waals surface area contributed by atoms with E-state index >= 15 is 0 Å². The van der Waals surface area contributed by atoms with Crippen molar-refractivity contribution < 1.29 is 37.4 Å². The number of benzene rings is 1. The molecule has 1 amide bonds. The van der Waals surface area contributed by atoms with Gasteiger partial charge in [-0.1, -0.05) is 24.3 Å². The Balaban J connectivity index is 2.59. The number of carbonyl (C=O) groups is 3. The van der Waals surface area contributed by atoms with Crippen LogP contribution in [0.25, 0.3) is 6.08 Å². The lowest BCUT2D eigenvalue weighted by Gasteiger charge is -2.19. The Morgan fingerprint density at radius 1 is 1.31 bits per heavy atom. The SMILES string of the molecule is C=Cc1c(C)c2c(c(NC(=O)C(F)(F)F)c1C/C=C(\C)CCC(=O)O)C(=O)OC2. The molecule has 2 rings (SSSR count). The number of hydrogen-bond acceptors (Lipinski definition) is 4. The first-order valence-corrected chi connectivity index (χ1v) is 8.70. The molecule has 29 heavy (non-hydrogen) atoms. The summed E-state index contributed by atoms with van der Waals surface area (Å²) in [5.74, 6) is -3.99. The van der Waals surface area contributed by atoms with Crippen molar-refractivity contribution in [3.8, 4) is 0 Å². The van der Waals surface area contributed by atoms with Gasteiger partial charge in [-0.2, -0.15) is 13.2 Å². The molecular formula is C20H20F3NO5. The number of esters is 1. The monoisotopic (exact) mass is 411 g/mol. The summed E-state index contributed by atoms with van der Waals surface area (Å²) in [6.45, 7) is 6.97. The Morgan fingerprint density at radius 3 is 2.52 bits per heavy atom. The Labute approximate surface area is 165 Å². The Morgan fingerprint density at radius 2 is 1.97 bits per heavy atom. The predicted molar refractivity (Wildman–Crippen MR) is 99.4 cm³/mol. The zero-order valence-corrected chi connectivity index (χ0v) is 15.9. The molecule has 0 atom stereocenters.